The van der Waals surface area contributed by atoms with Gasteiger partial charge in [0.1, 0.15) is 12.4 Å². The molecule has 2 aromatic rings. The number of hydrogen-bond donors (Lipinski definition) is 1. The molecule has 0 radical (unpaired) electrons. The van der Waals surface area contributed by atoms with Crippen LogP contribution in [0.4, 0.5) is 13.2 Å². The van der Waals surface area contributed by atoms with Crippen molar-refractivity contribution >= 4 is 27.3 Å². The Morgan fingerprint density at radius 2 is 1.76 bits per heavy atom. The smallest absolute Gasteiger partial charge is 0.417 e. The van der Waals surface area contributed by atoms with Gasteiger partial charge in [-0.2, -0.15) is 13.2 Å². The number of pyridine rings is 1. The number of nitrogens with zero attached hydrogens (tertiary/aromatic N) is 1. The highest BCUT2D eigenvalue weighted by atomic mass is 35.5. The normalized spacial score (nSPS) is 12.5. The molecule has 1 aromatic carbocycles. The van der Waals surface area contributed by atoms with Crippen molar-refractivity contribution in [2.75, 3.05) is 13.2 Å². The zero-order valence-electron chi connectivity index (χ0n) is 15.5. The molecular weight excluding hydrogens is 433 g/mol. The molecular formula is C18H18ClF3N2O4S. The Labute approximate surface area is 171 Å². The standard InChI is InChI=1S/C18H18ClF3N2O4S/c1-17(2,16(25)23-9-10-28-14-6-4-13(19)5-7-14)29(26,27)15-8-3-12(11-24-15)18(20,21)22/h3-8,11H,9-10H2,1-2H3,(H,23,25). The number of amides is 1. The number of alkyl halides is 3. The first-order chi connectivity index (χ1) is 13.4. The fourth-order valence-corrected chi connectivity index (χ4v) is 3.57. The number of ether oxygens (including phenoxy) is 1. The quantitative estimate of drug-likeness (QED) is 0.652. The van der Waals surface area contributed by atoms with E-state index in [-0.39, 0.29) is 13.2 Å². The van der Waals surface area contributed by atoms with Crippen LogP contribution in [-0.4, -0.2) is 37.2 Å². The maximum absolute atomic E-state index is 12.7. The van der Waals surface area contributed by atoms with Gasteiger partial charge in [0.2, 0.25) is 15.7 Å². The van der Waals surface area contributed by atoms with Crippen molar-refractivity contribution in [3.8, 4) is 5.75 Å². The number of carbonyl (C=O) groups excluding carboxylic acids is 1. The molecule has 0 aliphatic carbocycles. The molecule has 1 heterocycles. The van der Waals surface area contributed by atoms with Crippen molar-refractivity contribution < 1.29 is 31.1 Å². The molecule has 0 spiro atoms. The molecule has 0 saturated heterocycles. The summed E-state index contributed by atoms with van der Waals surface area (Å²) in [6.07, 6.45) is -4.23. The van der Waals surface area contributed by atoms with Gasteiger partial charge < -0.3 is 10.1 Å². The van der Waals surface area contributed by atoms with E-state index < -0.39 is 37.3 Å². The van der Waals surface area contributed by atoms with E-state index in [0.717, 1.165) is 19.9 Å². The molecule has 158 valence electrons. The van der Waals surface area contributed by atoms with E-state index in [4.69, 9.17) is 16.3 Å². The van der Waals surface area contributed by atoms with E-state index in [0.29, 0.717) is 23.0 Å². The largest absolute Gasteiger partial charge is 0.492 e. The first-order valence-corrected chi connectivity index (χ1v) is 10.2. The van der Waals surface area contributed by atoms with Crippen LogP contribution in [0.3, 0.4) is 0 Å². The fourth-order valence-electron chi connectivity index (χ4n) is 2.17. The van der Waals surface area contributed by atoms with Crippen molar-refractivity contribution in [1.29, 1.82) is 0 Å². The van der Waals surface area contributed by atoms with E-state index >= 15 is 0 Å². The third-order valence-electron chi connectivity index (χ3n) is 4.03. The minimum Gasteiger partial charge on any atom is -0.492 e. The number of hydrogen-bond acceptors (Lipinski definition) is 5. The van der Waals surface area contributed by atoms with E-state index in [1.807, 2.05) is 0 Å². The first-order valence-electron chi connectivity index (χ1n) is 8.30. The monoisotopic (exact) mass is 450 g/mol. The van der Waals surface area contributed by atoms with Gasteiger partial charge in [-0.1, -0.05) is 11.6 Å². The summed E-state index contributed by atoms with van der Waals surface area (Å²) in [5, 5.41) is 2.35. The highest BCUT2D eigenvalue weighted by Gasteiger charge is 2.44. The Kier molecular flexibility index (Phi) is 6.79. The average Bonchev–Trinajstić information content (AvgIpc) is 2.65. The van der Waals surface area contributed by atoms with Crippen LogP contribution in [0.2, 0.25) is 5.02 Å². The number of rotatable bonds is 7. The molecule has 2 rings (SSSR count). The minimum atomic E-state index is -4.65. The van der Waals surface area contributed by atoms with Gasteiger partial charge in [-0.15, -0.1) is 0 Å². The highest BCUT2D eigenvalue weighted by Crippen LogP contribution is 2.30. The summed E-state index contributed by atoms with van der Waals surface area (Å²) in [6, 6.07) is 7.86. The molecule has 1 amide bonds. The van der Waals surface area contributed by atoms with Crippen LogP contribution in [0.5, 0.6) is 5.75 Å². The van der Waals surface area contributed by atoms with Crippen molar-refractivity contribution in [3.05, 3.63) is 53.2 Å². The molecule has 6 nitrogen and oxygen atoms in total. The van der Waals surface area contributed by atoms with Crippen molar-refractivity contribution in [2.45, 2.75) is 29.8 Å². The van der Waals surface area contributed by atoms with Crippen molar-refractivity contribution in [1.82, 2.24) is 10.3 Å². The summed E-state index contributed by atoms with van der Waals surface area (Å²) in [7, 11) is -4.34. The maximum Gasteiger partial charge on any atom is 0.417 e. The van der Waals surface area contributed by atoms with Gasteiger partial charge in [0.25, 0.3) is 0 Å². The Bertz CT molecular complexity index is 960. The summed E-state index contributed by atoms with van der Waals surface area (Å²) in [5.41, 5.74) is -1.09. The van der Waals surface area contributed by atoms with Crippen LogP contribution in [0.1, 0.15) is 19.4 Å². The minimum absolute atomic E-state index is 0.0147. The van der Waals surface area contributed by atoms with Crippen LogP contribution in [0, 0.1) is 0 Å². The van der Waals surface area contributed by atoms with Crippen molar-refractivity contribution in [3.63, 3.8) is 0 Å². The Balaban J connectivity index is 2.01. The van der Waals surface area contributed by atoms with E-state index in [2.05, 4.69) is 10.3 Å². The van der Waals surface area contributed by atoms with Crippen LogP contribution in [-0.2, 0) is 20.8 Å². The number of aromatic nitrogens is 1. The molecule has 29 heavy (non-hydrogen) atoms. The molecule has 0 bridgehead atoms. The molecule has 0 unspecified atom stereocenters. The average molecular weight is 451 g/mol. The molecule has 0 fully saturated rings. The number of benzene rings is 1. The highest BCUT2D eigenvalue weighted by molar-refractivity contribution is 7.93. The Morgan fingerprint density at radius 3 is 2.28 bits per heavy atom. The number of carbonyl (C=O) groups is 1. The molecule has 0 saturated carbocycles. The number of halogens is 4. The molecule has 0 aliphatic heterocycles. The predicted octanol–water partition coefficient (Wildman–Crippen LogP) is 3.50. The predicted molar refractivity (Wildman–Crippen MR) is 100 cm³/mol. The first kappa shape index (κ1) is 23.0. The summed E-state index contributed by atoms with van der Waals surface area (Å²) in [6.45, 7) is 2.39. The molecule has 0 atom stereocenters. The summed E-state index contributed by atoms with van der Waals surface area (Å²) in [5.74, 6) is -0.316. The Hall–Kier alpha value is -2.33. The van der Waals surface area contributed by atoms with Crippen LogP contribution >= 0.6 is 11.6 Å². The van der Waals surface area contributed by atoms with E-state index in [9.17, 15) is 26.4 Å². The van der Waals surface area contributed by atoms with Gasteiger partial charge >= 0.3 is 6.18 Å². The maximum atomic E-state index is 12.7. The van der Waals surface area contributed by atoms with Crippen LogP contribution in [0.25, 0.3) is 0 Å². The number of sulfone groups is 1. The van der Waals surface area contributed by atoms with Gasteiger partial charge in [0.15, 0.2) is 9.77 Å². The third-order valence-corrected chi connectivity index (χ3v) is 6.60. The summed E-state index contributed by atoms with van der Waals surface area (Å²) < 4.78 is 66.7. The fraction of sp³-hybridized carbons (Fsp3) is 0.333. The summed E-state index contributed by atoms with van der Waals surface area (Å²) >= 11 is 5.76. The zero-order chi connectivity index (χ0) is 21.9. The lowest BCUT2D eigenvalue weighted by Crippen LogP contribution is -2.49. The summed E-state index contributed by atoms with van der Waals surface area (Å²) in [4.78, 5) is 15.8. The van der Waals surface area contributed by atoms with Gasteiger partial charge in [-0.25, -0.2) is 13.4 Å². The number of nitrogens with one attached hydrogen (secondary N) is 1. The topological polar surface area (TPSA) is 85.4 Å². The lowest BCUT2D eigenvalue weighted by molar-refractivity contribution is -0.137. The van der Waals surface area contributed by atoms with Gasteiger partial charge in [-0.05, 0) is 50.2 Å². The van der Waals surface area contributed by atoms with Crippen LogP contribution < -0.4 is 10.1 Å². The molecule has 1 N–H and O–H groups in total. The van der Waals surface area contributed by atoms with Crippen molar-refractivity contribution in [2.24, 2.45) is 0 Å². The molecule has 11 heteroatoms. The second kappa shape index (κ2) is 8.58. The third kappa shape index (κ3) is 5.39. The van der Waals surface area contributed by atoms with Gasteiger partial charge in [0, 0.05) is 11.2 Å². The zero-order valence-corrected chi connectivity index (χ0v) is 17.0. The lowest BCUT2D eigenvalue weighted by atomic mass is 10.2. The van der Waals surface area contributed by atoms with E-state index in [1.54, 1.807) is 24.3 Å². The lowest BCUT2D eigenvalue weighted by Gasteiger charge is -2.23. The van der Waals surface area contributed by atoms with Gasteiger partial charge in [-0.3, -0.25) is 4.79 Å². The SMILES string of the molecule is CC(C)(C(=O)NCCOc1ccc(Cl)cc1)S(=O)(=O)c1ccc(C(F)(F)F)cn1. The second-order valence-electron chi connectivity index (χ2n) is 6.45. The van der Waals surface area contributed by atoms with Crippen LogP contribution in [0.15, 0.2) is 47.6 Å². The Morgan fingerprint density at radius 1 is 1.14 bits per heavy atom. The van der Waals surface area contributed by atoms with Gasteiger partial charge in [0.05, 0.1) is 12.1 Å². The molecule has 1 aromatic heterocycles. The second-order valence-corrected chi connectivity index (χ2v) is 9.34. The van der Waals surface area contributed by atoms with E-state index in [1.165, 1.54) is 0 Å². The molecule has 0 aliphatic rings.